The number of pyridine rings is 1. The van der Waals surface area contributed by atoms with E-state index in [-0.39, 0.29) is 5.69 Å². The van der Waals surface area contributed by atoms with Crippen LogP contribution in [0.1, 0.15) is 16.1 Å². The Balaban J connectivity index is 2.88. The maximum absolute atomic E-state index is 11.1. The monoisotopic (exact) mass is 210 g/mol. The number of primary amides is 1. The van der Waals surface area contributed by atoms with Crippen molar-refractivity contribution >= 4 is 5.91 Å². The lowest BCUT2D eigenvalue weighted by Gasteiger charge is -2.14. The number of hydrogen-bond acceptors (Lipinski definition) is 4. The molecule has 0 aliphatic carbocycles. The molecule has 5 nitrogen and oxygen atoms in total. The molecule has 82 valence electrons. The Bertz CT molecular complexity index is 337. The Morgan fingerprint density at radius 3 is 2.73 bits per heavy atom. The van der Waals surface area contributed by atoms with Gasteiger partial charge in [-0.15, -0.1) is 0 Å². The van der Waals surface area contributed by atoms with Gasteiger partial charge in [-0.25, -0.2) is 0 Å². The van der Waals surface area contributed by atoms with E-state index in [2.05, 4.69) is 4.98 Å². The molecule has 1 heterocycles. The zero-order chi connectivity index (χ0) is 11.3. The van der Waals surface area contributed by atoms with E-state index in [1.54, 1.807) is 12.1 Å². The highest BCUT2D eigenvalue weighted by molar-refractivity contribution is 5.92. The molecule has 0 radical (unpaired) electrons. The van der Waals surface area contributed by atoms with Crippen molar-refractivity contribution in [3.8, 4) is 0 Å². The van der Waals surface area contributed by atoms with Gasteiger partial charge in [0.15, 0.2) is 6.29 Å². The summed E-state index contributed by atoms with van der Waals surface area (Å²) in [6.45, 7) is 0. The molecule has 0 aliphatic rings. The van der Waals surface area contributed by atoms with Gasteiger partial charge in [0, 0.05) is 26.8 Å². The van der Waals surface area contributed by atoms with E-state index < -0.39 is 12.2 Å². The van der Waals surface area contributed by atoms with Crippen molar-refractivity contribution in [3.05, 3.63) is 29.6 Å². The lowest BCUT2D eigenvalue weighted by molar-refractivity contribution is -0.100. The van der Waals surface area contributed by atoms with Crippen LogP contribution in [-0.2, 0) is 15.9 Å². The fourth-order valence-electron chi connectivity index (χ4n) is 1.27. The zero-order valence-corrected chi connectivity index (χ0v) is 8.77. The van der Waals surface area contributed by atoms with Crippen molar-refractivity contribution in [2.75, 3.05) is 14.2 Å². The Hall–Kier alpha value is -1.46. The van der Waals surface area contributed by atoms with Gasteiger partial charge in [0.25, 0.3) is 5.91 Å². The van der Waals surface area contributed by atoms with Crippen molar-refractivity contribution in [3.63, 3.8) is 0 Å². The van der Waals surface area contributed by atoms with Gasteiger partial charge in [0.2, 0.25) is 0 Å². The highest BCUT2D eigenvalue weighted by Gasteiger charge is 2.13. The standard InChI is InChI=1S/C10H14N2O3/c1-14-8(15-2)6-7-4-3-5-12-9(7)10(11)13/h3-5,8H,6H2,1-2H3,(H2,11,13). The number of ether oxygens (including phenoxy) is 2. The molecule has 15 heavy (non-hydrogen) atoms. The largest absolute Gasteiger partial charge is 0.364 e. The minimum atomic E-state index is -0.545. The second kappa shape index (κ2) is 5.43. The van der Waals surface area contributed by atoms with Gasteiger partial charge in [-0.1, -0.05) is 6.07 Å². The van der Waals surface area contributed by atoms with Gasteiger partial charge >= 0.3 is 0 Å². The smallest absolute Gasteiger partial charge is 0.267 e. The maximum Gasteiger partial charge on any atom is 0.267 e. The lowest BCUT2D eigenvalue weighted by atomic mass is 10.1. The minimum absolute atomic E-state index is 0.261. The molecule has 1 aromatic heterocycles. The molecule has 2 N–H and O–H groups in total. The summed E-state index contributed by atoms with van der Waals surface area (Å²) < 4.78 is 10.1. The topological polar surface area (TPSA) is 74.4 Å². The average Bonchev–Trinajstić information content (AvgIpc) is 2.26. The first-order chi connectivity index (χ1) is 7.19. The van der Waals surface area contributed by atoms with Gasteiger partial charge in [-0.3, -0.25) is 9.78 Å². The van der Waals surface area contributed by atoms with E-state index in [0.29, 0.717) is 6.42 Å². The molecule has 0 unspecified atom stereocenters. The predicted octanol–water partition coefficient (Wildman–Crippen LogP) is 0.342. The summed E-state index contributed by atoms with van der Waals surface area (Å²) in [7, 11) is 3.07. The number of carbonyl (C=O) groups excluding carboxylic acids is 1. The first-order valence-electron chi connectivity index (χ1n) is 4.48. The Labute approximate surface area is 88.2 Å². The molecule has 0 aliphatic heterocycles. The van der Waals surface area contributed by atoms with Gasteiger partial charge in [0.05, 0.1) is 0 Å². The Kier molecular flexibility index (Phi) is 4.20. The van der Waals surface area contributed by atoms with Crippen LogP contribution in [0.4, 0.5) is 0 Å². The number of hydrogen-bond donors (Lipinski definition) is 1. The average molecular weight is 210 g/mol. The second-order valence-electron chi connectivity index (χ2n) is 2.98. The summed E-state index contributed by atoms with van der Waals surface area (Å²) in [5.74, 6) is -0.545. The third-order valence-electron chi connectivity index (χ3n) is 2.04. The maximum atomic E-state index is 11.1. The summed E-state index contributed by atoms with van der Waals surface area (Å²) in [4.78, 5) is 15.0. The van der Waals surface area contributed by atoms with Crippen LogP contribution >= 0.6 is 0 Å². The highest BCUT2D eigenvalue weighted by Crippen LogP contribution is 2.09. The van der Waals surface area contributed by atoms with Crippen LogP contribution in [0.5, 0.6) is 0 Å². The molecule has 1 aromatic rings. The van der Waals surface area contributed by atoms with Gasteiger partial charge in [0.1, 0.15) is 5.69 Å². The van der Waals surface area contributed by atoms with Crippen LogP contribution in [0.3, 0.4) is 0 Å². The van der Waals surface area contributed by atoms with Gasteiger partial charge in [-0.05, 0) is 11.6 Å². The number of aromatic nitrogens is 1. The third-order valence-corrected chi connectivity index (χ3v) is 2.04. The van der Waals surface area contributed by atoms with E-state index in [1.807, 2.05) is 0 Å². The van der Waals surface area contributed by atoms with Crippen molar-refractivity contribution < 1.29 is 14.3 Å². The molecule has 0 saturated heterocycles. The number of nitrogens with zero attached hydrogens (tertiary/aromatic N) is 1. The van der Waals surface area contributed by atoms with Crippen molar-refractivity contribution in [1.82, 2.24) is 4.98 Å². The molecule has 1 amide bonds. The minimum Gasteiger partial charge on any atom is -0.364 e. The van der Waals surface area contributed by atoms with E-state index >= 15 is 0 Å². The van der Waals surface area contributed by atoms with Crippen LogP contribution in [0.15, 0.2) is 18.3 Å². The second-order valence-corrected chi connectivity index (χ2v) is 2.98. The summed E-state index contributed by atoms with van der Waals surface area (Å²) in [5.41, 5.74) is 6.17. The summed E-state index contributed by atoms with van der Waals surface area (Å²) in [6.07, 6.45) is 1.57. The SMILES string of the molecule is COC(Cc1cccnc1C(N)=O)OC. The molecule has 0 aromatic carbocycles. The molecule has 5 heteroatoms. The Morgan fingerprint density at radius 1 is 1.53 bits per heavy atom. The number of rotatable bonds is 5. The number of carbonyl (C=O) groups is 1. The van der Waals surface area contributed by atoms with Gasteiger partial charge in [-0.2, -0.15) is 0 Å². The van der Waals surface area contributed by atoms with Crippen LogP contribution in [-0.4, -0.2) is 31.4 Å². The molecule has 0 atom stereocenters. The molecule has 0 bridgehead atoms. The summed E-state index contributed by atoms with van der Waals surface area (Å²) in [6, 6.07) is 3.52. The predicted molar refractivity (Wildman–Crippen MR) is 54.3 cm³/mol. The number of amides is 1. The quantitative estimate of drug-likeness (QED) is 0.711. The molecule has 1 rings (SSSR count). The van der Waals surface area contributed by atoms with E-state index in [0.717, 1.165) is 5.56 Å². The summed E-state index contributed by atoms with van der Waals surface area (Å²) >= 11 is 0. The molecule has 0 spiro atoms. The highest BCUT2D eigenvalue weighted by atomic mass is 16.7. The zero-order valence-electron chi connectivity index (χ0n) is 8.77. The molecule has 0 fully saturated rings. The normalized spacial score (nSPS) is 10.6. The van der Waals surface area contributed by atoms with E-state index in [9.17, 15) is 4.79 Å². The Morgan fingerprint density at radius 2 is 2.20 bits per heavy atom. The van der Waals surface area contributed by atoms with Crippen LogP contribution < -0.4 is 5.73 Å². The van der Waals surface area contributed by atoms with Crippen molar-refractivity contribution in [1.29, 1.82) is 0 Å². The summed E-state index contributed by atoms with van der Waals surface area (Å²) in [5, 5.41) is 0. The molecule has 0 saturated carbocycles. The van der Waals surface area contributed by atoms with Crippen molar-refractivity contribution in [2.45, 2.75) is 12.7 Å². The first-order valence-corrected chi connectivity index (χ1v) is 4.48. The fourth-order valence-corrected chi connectivity index (χ4v) is 1.27. The third kappa shape index (κ3) is 3.00. The molecular weight excluding hydrogens is 196 g/mol. The van der Waals surface area contributed by atoms with Crippen LogP contribution in [0.2, 0.25) is 0 Å². The fraction of sp³-hybridized carbons (Fsp3) is 0.400. The molecular formula is C10H14N2O3. The van der Waals surface area contributed by atoms with Gasteiger partial charge < -0.3 is 15.2 Å². The van der Waals surface area contributed by atoms with Crippen molar-refractivity contribution in [2.24, 2.45) is 5.73 Å². The van der Waals surface area contributed by atoms with E-state index in [1.165, 1.54) is 20.4 Å². The first kappa shape index (κ1) is 11.6. The lowest BCUT2D eigenvalue weighted by Crippen LogP contribution is -2.21. The van der Waals surface area contributed by atoms with E-state index in [4.69, 9.17) is 15.2 Å². The van der Waals surface area contributed by atoms with Crippen LogP contribution in [0.25, 0.3) is 0 Å². The van der Waals surface area contributed by atoms with Crippen LogP contribution in [0, 0.1) is 0 Å². The number of methoxy groups -OCH3 is 2. The number of nitrogens with two attached hydrogens (primary N) is 1.